The highest BCUT2D eigenvalue weighted by molar-refractivity contribution is 7.09. The summed E-state index contributed by atoms with van der Waals surface area (Å²) in [5.74, 6) is 0.212. The molecule has 1 heterocycles. The fourth-order valence-electron chi connectivity index (χ4n) is 2.50. The van der Waals surface area contributed by atoms with Crippen molar-refractivity contribution in [1.29, 1.82) is 0 Å². The number of hydrogen-bond acceptors (Lipinski definition) is 8. The third kappa shape index (κ3) is 6.51. The Morgan fingerprint density at radius 3 is 2.52 bits per heavy atom. The van der Waals surface area contributed by atoms with Gasteiger partial charge in [0.2, 0.25) is 0 Å². The first kappa shape index (κ1) is 22.2. The van der Waals surface area contributed by atoms with E-state index in [1.165, 1.54) is 49.6 Å². The lowest BCUT2D eigenvalue weighted by atomic mass is 10.1. The molecule has 0 aliphatic heterocycles. The van der Waals surface area contributed by atoms with Crippen LogP contribution in [0.4, 0.5) is 4.39 Å². The van der Waals surface area contributed by atoms with E-state index < -0.39 is 5.97 Å². The number of ether oxygens (including phenoxy) is 4. The Morgan fingerprint density at radius 1 is 1.03 bits per heavy atom. The fraction of sp³-hybridized carbons (Fsp3) is 0.227. The Kier molecular flexibility index (Phi) is 7.55. The average Bonchev–Trinajstić information content (AvgIpc) is 3.23. The maximum absolute atomic E-state index is 12.9. The van der Waals surface area contributed by atoms with Gasteiger partial charge in [-0.1, -0.05) is 0 Å². The fourth-order valence-corrected chi connectivity index (χ4v) is 3.19. The predicted molar refractivity (Wildman–Crippen MR) is 111 cm³/mol. The van der Waals surface area contributed by atoms with E-state index in [1.807, 2.05) is 0 Å². The van der Waals surface area contributed by atoms with Crippen molar-refractivity contribution in [1.82, 2.24) is 4.98 Å². The highest BCUT2D eigenvalue weighted by Crippen LogP contribution is 2.28. The van der Waals surface area contributed by atoms with Crippen LogP contribution in [0.3, 0.4) is 0 Å². The minimum Gasteiger partial charge on any atom is -0.493 e. The number of ketones is 1. The maximum atomic E-state index is 12.9. The van der Waals surface area contributed by atoms with E-state index in [1.54, 1.807) is 23.6 Å². The van der Waals surface area contributed by atoms with Crippen LogP contribution in [0.25, 0.3) is 0 Å². The molecule has 0 spiro atoms. The normalized spacial score (nSPS) is 10.4. The number of nitrogens with zero attached hydrogens (tertiary/aromatic N) is 1. The number of halogens is 1. The van der Waals surface area contributed by atoms with Crippen LogP contribution in [0.1, 0.15) is 28.0 Å². The highest BCUT2D eigenvalue weighted by Gasteiger charge is 2.12. The molecule has 1 aromatic heterocycles. The molecule has 0 amide bonds. The van der Waals surface area contributed by atoms with Crippen molar-refractivity contribution < 1.29 is 32.9 Å². The quantitative estimate of drug-likeness (QED) is 0.342. The number of esters is 1. The molecule has 0 bridgehead atoms. The molecule has 0 fully saturated rings. The van der Waals surface area contributed by atoms with Crippen LogP contribution in [0.5, 0.6) is 17.2 Å². The second-order valence-electron chi connectivity index (χ2n) is 6.35. The van der Waals surface area contributed by atoms with Crippen LogP contribution in [0, 0.1) is 5.82 Å². The van der Waals surface area contributed by atoms with Gasteiger partial charge in [0.25, 0.3) is 0 Å². The molecule has 3 rings (SSSR count). The molecule has 31 heavy (non-hydrogen) atoms. The summed E-state index contributed by atoms with van der Waals surface area (Å²) in [7, 11) is 1.45. The van der Waals surface area contributed by atoms with Gasteiger partial charge < -0.3 is 18.9 Å². The summed E-state index contributed by atoms with van der Waals surface area (Å²) >= 11 is 1.37. The minimum absolute atomic E-state index is 0.00431. The van der Waals surface area contributed by atoms with E-state index in [0.717, 1.165) is 0 Å². The van der Waals surface area contributed by atoms with Crippen LogP contribution >= 0.6 is 11.3 Å². The van der Waals surface area contributed by atoms with Crippen LogP contribution in [0.15, 0.2) is 47.8 Å². The largest absolute Gasteiger partial charge is 0.493 e. The number of carbonyl (C=O) groups excluding carboxylic acids is 2. The van der Waals surface area contributed by atoms with Gasteiger partial charge >= 0.3 is 5.97 Å². The number of aromatic nitrogens is 1. The molecule has 0 aliphatic carbocycles. The van der Waals surface area contributed by atoms with E-state index in [9.17, 15) is 14.0 Å². The second kappa shape index (κ2) is 10.5. The summed E-state index contributed by atoms with van der Waals surface area (Å²) < 4.78 is 34.3. The average molecular weight is 445 g/mol. The van der Waals surface area contributed by atoms with Gasteiger partial charge in [-0.05, 0) is 49.4 Å². The molecule has 0 atom stereocenters. The van der Waals surface area contributed by atoms with E-state index in [0.29, 0.717) is 33.5 Å². The zero-order chi connectivity index (χ0) is 22.2. The molecule has 0 saturated carbocycles. The molecule has 7 nitrogen and oxygen atoms in total. The number of methoxy groups -OCH3 is 1. The minimum atomic E-state index is -0.574. The molecule has 0 unspecified atom stereocenters. The molecule has 3 aromatic rings. The predicted octanol–water partition coefficient (Wildman–Crippen LogP) is 4.19. The molecule has 0 radical (unpaired) electrons. The topological polar surface area (TPSA) is 84.0 Å². The van der Waals surface area contributed by atoms with Gasteiger partial charge in [-0.3, -0.25) is 4.79 Å². The molecular formula is C22H20FNO6S. The van der Waals surface area contributed by atoms with Crippen LogP contribution in [0.2, 0.25) is 0 Å². The third-order valence-corrected chi connectivity index (χ3v) is 4.94. The number of Topliss-reactive ketones (excluding diaryl/α,β-unsaturated/α-hetero) is 1. The summed E-state index contributed by atoms with van der Waals surface area (Å²) in [5, 5.41) is 2.46. The summed E-state index contributed by atoms with van der Waals surface area (Å²) in [6.07, 6.45) is 0. The molecule has 0 N–H and O–H groups in total. The lowest BCUT2D eigenvalue weighted by Crippen LogP contribution is -2.15. The second-order valence-corrected chi connectivity index (χ2v) is 7.29. The first-order chi connectivity index (χ1) is 14.9. The molecular weight excluding hydrogens is 425 g/mol. The summed E-state index contributed by atoms with van der Waals surface area (Å²) in [6, 6.07) is 10.4. The summed E-state index contributed by atoms with van der Waals surface area (Å²) in [4.78, 5) is 27.8. The van der Waals surface area contributed by atoms with Crippen molar-refractivity contribution in [2.45, 2.75) is 20.1 Å². The van der Waals surface area contributed by atoms with Crippen molar-refractivity contribution in [3.05, 3.63) is 69.9 Å². The molecule has 0 aliphatic rings. The van der Waals surface area contributed by atoms with Gasteiger partial charge in [-0.2, -0.15) is 0 Å². The van der Waals surface area contributed by atoms with E-state index in [-0.39, 0.29) is 31.4 Å². The highest BCUT2D eigenvalue weighted by atomic mass is 32.1. The van der Waals surface area contributed by atoms with E-state index >= 15 is 0 Å². The van der Waals surface area contributed by atoms with Gasteiger partial charge in [-0.15, -0.1) is 11.3 Å². The van der Waals surface area contributed by atoms with Gasteiger partial charge in [0.15, 0.2) is 23.9 Å². The monoisotopic (exact) mass is 445 g/mol. The van der Waals surface area contributed by atoms with Crippen molar-refractivity contribution in [3.8, 4) is 17.2 Å². The standard InChI is InChI=1S/C22H20FNO6S/c1-14(25)15-3-8-19(20(9-15)27-2)29-12-22(26)30-10-17-13-31-21(24-17)11-28-18-6-4-16(23)5-7-18/h3-9,13H,10-12H2,1-2H3. The van der Waals surface area contributed by atoms with E-state index in [4.69, 9.17) is 18.9 Å². The van der Waals surface area contributed by atoms with Crippen LogP contribution in [-0.4, -0.2) is 30.5 Å². The van der Waals surface area contributed by atoms with Crippen LogP contribution < -0.4 is 14.2 Å². The lowest BCUT2D eigenvalue weighted by Gasteiger charge is -2.11. The first-order valence-electron chi connectivity index (χ1n) is 9.23. The number of benzene rings is 2. The van der Waals surface area contributed by atoms with Gasteiger partial charge in [0.05, 0.1) is 12.8 Å². The Balaban J connectivity index is 1.45. The number of rotatable bonds is 10. The summed E-state index contributed by atoms with van der Waals surface area (Å²) in [6.45, 7) is 1.35. The maximum Gasteiger partial charge on any atom is 0.344 e. The number of carbonyl (C=O) groups is 2. The summed E-state index contributed by atoms with van der Waals surface area (Å²) in [5.41, 5.74) is 1.06. The zero-order valence-electron chi connectivity index (χ0n) is 16.9. The number of hydrogen-bond donors (Lipinski definition) is 0. The smallest absolute Gasteiger partial charge is 0.344 e. The van der Waals surface area contributed by atoms with Gasteiger partial charge in [0, 0.05) is 10.9 Å². The third-order valence-electron chi connectivity index (χ3n) is 4.07. The zero-order valence-corrected chi connectivity index (χ0v) is 17.7. The Morgan fingerprint density at radius 2 is 1.81 bits per heavy atom. The molecule has 9 heteroatoms. The van der Waals surface area contributed by atoms with E-state index in [2.05, 4.69) is 4.98 Å². The SMILES string of the molecule is COc1cc(C(C)=O)ccc1OCC(=O)OCc1csc(COc2ccc(F)cc2)n1. The Labute approximate surface area is 182 Å². The molecule has 0 saturated heterocycles. The van der Waals surface area contributed by atoms with Crippen LogP contribution in [-0.2, 0) is 22.7 Å². The lowest BCUT2D eigenvalue weighted by molar-refractivity contribution is -0.147. The van der Waals surface area contributed by atoms with Gasteiger partial charge in [0.1, 0.15) is 29.8 Å². The van der Waals surface area contributed by atoms with Crippen molar-refractivity contribution in [2.24, 2.45) is 0 Å². The first-order valence-corrected chi connectivity index (χ1v) is 10.1. The number of thiazole rings is 1. The Bertz CT molecular complexity index is 1050. The van der Waals surface area contributed by atoms with Crippen molar-refractivity contribution >= 4 is 23.1 Å². The van der Waals surface area contributed by atoms with Gasteiger partial charge in [-0.25, -0.2) is 14.2 Å². The molecule has 162 valence electrons. The van der Waals surface area contributed by atoms with Crippen molar-refractivity contribution in [2.75, 3.05) is 13.7 Å². The van der Waals surface area contributed by atoms with Crippen molar-refractivity contribution in [3.63, 3.8) is 0 Å². The Hall–Kier alpha value is -3.46. The molecule has 2 aromatic carbocycles.